The third-order valence-corrected chi connectivity index (χ3v) is 5.85. The number of ether oxygens (including phenoxy) is 2. The van der Waals surface area contributed by atoms with Crippen LogP contribution >= 0.6 is 0 Å². The third-order valence-electron chi connectivity index (χ3n) is 5.85. The lowest BCUT2D eigenvalue weighted by molar-refractivity contribution is 0.0675. The van der Waals surface area contributed by atoms with E-state index in [-0.39, 0.29) is 11.9 Å². The van der Waals surface area contributed by atoms with Crippen LogP contribution in [0.1, 0.15) is 47.8 Å². The summed E-state index contributed by atoms with van der Waals surface area (Å²) in [7, 11) is 1.67. The van der Waals surface area contributed by atoms with Gasteiger partial charge in [0.1, 0.15) is 11.4 Å². The van der Waals surface area contributed by atoms with Gasteiger partial charge in [0, 0.05) is 31.5 Å². The SMILES string of the molecule is COc1ccc([C@@H]2CCCCCN2C(=O)c2cc(N3CCOCC3)ccn2)cc1. The molecule has 0 aliphatic carbocycles. The molecule has 1 amide bonds. The Labute approximate surface area is 172 Å². The molecule has 2 aliphatic rings. The fourth-order valence-corrected chi connectivity index (χ4v) is 4.23. The quantitative estimate of drug-likeness (QED) is 0.790. The van der Waals surface area contributed by atoms with Gasteiger partial charge in [0.25, 0.3) is 5.91 Å². The molecule has 2 aromatic rings. The molecule has 154 valence electrons. The van der Waals surface area contributed by atoms with Crippen LogP contribution < -0.4 is 9.64 Å². The number of nitrogens with zero attached hydrogens (tertiary/aromatic N) is 3. The number of carbonyl (C=O) groups excluding carboxylic acids is 1. The van der Waals surface area contributed by atoms with Gasteiger partial charge in [0.2, 0.25) is 0 Å². The maximum atomic E-state index is 13.5. The van der Waals surface area contributed by atoms with E-state index in [9.17, 15) is 4.79 Å². The number of hydrogen-bond donors (Lipinski definition) is 0. The van der Waals surface area contributed by atoms with Gasteiger partial charge in [0.05, 0.1) is 26.4 Å². The predicted molar refractivity (Wildman–Crippen MR) is 113 cm³/mol. The Morgan fingerprint density at radius 1 is 1.07 bits per heavy atom. The van der Waals surface area contributed by atoms with Gasteiger partial charge in [-0.2, -0.15) is 0 Å². The summed E-state index contributed by atoms with van der Waals surface area (Å²) in [6.07, 6.45) is 6.03. The van der Waals surface area contributed by atoms with E-state index in [4.69, 9.17) is 9.47 Å². The van der Waals surface area contributed by atoms with Crippen LogP contribution in [0.2, 0.25) is 0 Å². The van der Waals surface area contributed by atoms with Crippen LogP contribution in [-0.2, 0) is 4.74 Å². The Balaban J connectivity index is 1.58. The van der Waals surface area contributed by atoms with E-state index >= 15 is 0 Å². The predicted octanol–water partition coefficient (Wildman–Crippen LogP) is 3.68. The van der Waals surface area contributed by atoms with Crippen LogP contribution in [0.3, 0.4) is 0 Å². The average molecular weight is 396 g/mol. The van der Waals surface area contributed by atoms with Crippen molar-refractivity contribution in [1.82, 2.24) is 9.88 Å². The smallest absolute Gasteiger partial charge is 0.273 e. The number of anilines is 1. The van der Waals surface area contributed by atoms with Crippen LogP contribution in [0.15, 0.2) is 42.6 Å². The molecule has 1 aromatic carbocycles. The molecule has 3 heterocycles. The lowest BCUT2D eigenvalue weighted by Crippen LogP contribution is -2.37. The second kappa shape index (κ2) is 9.27. The molecule has 0 radical (unpaired) electrons. The maximum Gasteiger partial charge on any atom is 0.273 e. The zero-order valence-electron chi connectivity index (χ0n) is 17.0. The number of pyridine rings is 1. The topological polar surface area (TPSA) is 54.9 Å². The number of methoxy groups -OCH3 is 1. The van der Waals surface area contributed by atoms with Crippen LogP contribution in [0.25, 0.3) is 0 Å². The van der Waals surface area contributed by atoms with Gasteiger partial charge in [-0.05, 0) is 42.7 Å². The molecule has 0 saturated carbocycles. The van der Waals surface area contributed by atoms with Crippen molar-refractivity contribution in [2.24, 2.45) is 0 Å². The first-order chi connectivity index (χ1) is 14.3. The molecule has 2 saturated heterocycles. The van der Waals surface area contributed by atoms with Crippen LogP contribution in [0, 0.1) is 0 Å². The van der Waals surface area contributed by atoms with Crippen molar-refractivity contribution in [1.29, 1.82) is 0 Å². The third kappa shape index (κ3) is 4.53. The number of rotatable bonds is 4. The van der Waals surface area contributed by atoms with Crippen LogP contribution in [0.5, 0.6) is 5.75 Å². The van der Waals surface area contributed by atoms with Gasteiger partial charge in [0.15, 0.2) is 0 Å². The van der Waals surface area contributed by atoms with Crippen LogP contribution in [-0.4, -0.2) is 55.7 Å². The van der Waals surface area contributed by atoms with E-state index in [2.05, 4.69) is 22.0 Å². The minimum Gasteiger partial charge on any atom is -0.497 e. The fraction of sp³-hybridized carbons (Fsp3) is 0.478. The zero-order valence-corrected chi connectivity index (χ0v) is 17.0. The molecule has 0 unspecified atom stereocenters. The summed E-state index contributed by atoms with van der Waals surface area (Å²) >= 11 is 0. The minimum absolute atomic E-state index is 0.0165. The molecule has 0 bridgehead atoms. The highest BCUT2D eigenvalue weighted by atomic mass is 16.5. The standard InChI is InChI=1S/C23H29N3O3/c1-28-20-8-6-18(7-9-20)22-5-3-2-4-12-26(22)23(27)21-17-19(10-11-24-21)25-13-15-29-16-14-25/h6-11,17,22H,2-5,12-16H2,1H3/t22-/m0/s1. The zero-order chi connectivity index (χ0) is 20.1. The summed E-state index contributed by atoms with van der Waals surface area (Å²) in [5.41, 5.74) is 2.72. The molecule has 6 heteroatoms. The van der Waals surface area contributed by atoms with Gasteiger partial charge in [-0.1, -0.05) is 25.0 Å². The second-order valence-electron chi connectivity index (χ2n) is 7.64. The Morgan fingerprint density at radius 3 is 2.62 bits per heavy atom. The number of aromatic nitrogens is 1. The number of morpholine rings is 1. The summed E-state index contributed by atoms with van der Waals surface area (Å²) < 4.78 is 10.7. The lowest BCUT2D eigenvalue weighted by atomic mass is 10.00. The summed E-state index contributed by atoms with van der Waals surface area (Å²) in [6.45, 7) is 3.89. The Bertz CT molecular complexity index is 818. The summed E-state index contributed by atoms with van der Waals surface area (Å²) in [5.74, 6) is 0.850. The van der Waals surface area contributed by atoms with Crippen molar-refractivity contribution in [3.8, 4) is 5.75 Å². The van der Waals surface area contributed by atoms with Crippen molar-refractivity contribution in [3.63, 3.8) is 0 Å². The van der Waals surface area contributed by atoms with Gasteiger partial charge < -0.3 is 19.3 Å². The number of carbonyl (C=O) groups is 1. The first-order valence-electron chi connectivity index (χ1n) is 10.5. The molecular formula is C23H29N3O3. The first kappa shape index (κ1) is 19.7. The minimum atomic E-state index is 0.0165. The van der Waals surface area contributed by atoms with Gasteiger partial charge in [-0.25, -0.2) is 0 Å². The van der Waals surface area contributed by atoms with Crippen molar-refractivity contribution in [3.05, 3.63) is 53.9 Å². The summed E-state index contributed by atoms with van der Waals surface area (Å²) in [4.78, 5) is 22.2. The van der Waals surface area contributed by atoms with Crippen molar-refractivity contribution >= 4 is 11.6 Å². The van der Waals surface area contributed by atoms with E-state index in [1.165, 1.54) is 0 Å². The lowest BCUT2D eigenvalue weighted by Gasteiger charge is -2.31. The molecule has 1 atom stereocenters. The highest BCUT2D eigenvalue weighted by Crippen LogP contribution is 2.32. The largest absolute Gasteiger partial charge is 0.497 e. The van der Waals surface area contributed by atoms with Crippen molar-refractivity contribution in [2.45, 2.75) is 31.7 Å². The second-order valence-corrected chi connectivity index (χ2v) is 7.64. The fourth-order valence-electron chi connectivity index (χ4n) is 4.23. The molecule has 4 rings (SSSR count). The highest BCUT2D eigenvalue weighted by molar-refractivity contribution is 5.93. The van der Waals surface area contributed by atoms with Crippen molar-refractivity contribution < 1.29 is 14.3 Å². The average Bonchev–Trinajstić information content (AvgIpc) is 3.05. The molecule has 6 nitrogen and oxygen atoms in total. The van der Waals surface area contributed by atoms with Gasteiger partial charge >= 0.3 is 0 Å². The van der Waals surface area contributed by atoms with Gasteiger partial charge in [-0.3, -0.25) is 9.78 Å². The number of amides is 1. The van der Waals surface area contributed by atoms with Crippen LogP contribution in [0.4, 0.5) is 5.69 Å². The number of likely N-dealkylation sites (tertiary alicyclic amines) is 1. The van der Waals surface area contributed by atoms with E-state index < -0.39 is 0 Å². The number of hydrogen-bond acceptors (Lipinski definition) is 5. The summed E-state index contributed by atoms with van der Waals surface area (Å²) in [6, 6.07) is 12.1. The Kier molecular flexibility index (Phi) is 6.30. The maximum absolute atomic E-state index is 13.5. The van der Waals surface area contributed by atoms with Crippen molar-refractivity contribution in [2.75, 3.05) is 44.9 Å². The van der Waals surface area contributed by atoms with E-state index in [0.717, 1.165) is 75.5 Å². The molecule has 2 aliphatic heterocycles. The molecule has 0 spiro atoms. The van der Waals surface area contributed by atoms with Gasteiger partial charge in [-0.15, -0.1) is 0 Å². The van der Waals surface area contributed by atoms with E-state index in [1.54, 1.807) is 13.3 Å². The van der Waals surface area contributed by atoms with E-state index in [0.29, 0.717) is 5.69 Å². The first-order valence-corrected chi connectivity index (χ1v) is 10.5. The number of benzene rings is 1. The summed E-state index contributed by atoms with van der Waals surface area (Å²) in [5, 5.41) is 0. The molecule has 2 fully saturated rings. The normalized spacial score (nSPS) is 20.2. The molecule has 0 N–H and O–H groups in total. The molecular weight excluding hydrogens is 366 g/mol. The molecule has 29 heavy (non-hydrogen) atoms. The monoisotopic (exact) mass is 395 g/mol. The Hall–Kier alpha value is -2.60. The van der Waals surface area contributed by atoms with E-state index in [1.807, 2.05) is 29.2 Å². The molecule has 1 aromatic heterocycles. The Morgan fingerprint density at radius 2 is 1.86 bits per heavy atom. The highest BCUT2D eigenvalue weighted by Gasteiger charge is 2.28.